The van der Waals surface area contributed by atoms with Crippen LogP contribution in [0.15, 0.2) is 0 Å². The molecule has 0 radical (unpaired) electrons. The maximum absolute atomic E-state index is 5.79. The largest absolute Gasteiger partial charge is 0.374 e. The summed E-state index contributed by atoms with van der Waals surface area (Å²) in [7, 11) is 0. The van der Waals surface area contributed by atoms with Crippen molar-refractivity contribution in [3.63, 3.8) is 0 Å². The second kappa shape index (κ2) is 2.27. The fourth-order valence-electron chi connectivity index (χ4n) is 1.29. The molecule has 0 spiro atoms. The Kier molecular flexibility index (Phi) is 1.78. The van der Waals surface area contributed by atoms with Crippen molar-refractivity contribution < 1.29 is 4.74 Å². The van der Waals surface area contributed by atoms with Crippen LogP contribution in [0, 0.1) is 5.92 Å². The molecule has 2 heteroatoms. The third kappa shape index (κ3) is 1.10. The minimum atomic E-state index is 0.236. The van der Waals surface area contributed by atoms with E-state index in [0.29, 0.717) is 12.0 Å². The molecule has 0 bridgehead atoms. The summed E-state index contributed by atoms with van der Waals surface area (Å²) in [6, 6.07) is 0.236. The van der Waals surface area contributed by atoms with E-state index in [4.69, 9.17) is 10.5 Å². The summed E-state index contributed by atoms with van der Waals surface area (Å²) in [4.78, 5) is 0. The van der Waals surface area contributed by atoms with Crippen molar-refractivity contribution in [3.8, 4) is 0 Å². The Morgan fingerprint density at radius 2 is 1.67 bits per heavy atom. The summed E-state index contributed by atoms with van der Waals surface area (Å²) >= 11 is 0. The third-order valence-corrected chi connectivity index (χ3v) is 2.32. The van der Waals surface area contributed by atoms with Crippen LogP contribution in [0.5, 0.6) is 0 Å². The van der Waals surface area contributed by atoms with Crippen molar-refractivity contribution in [3.05, 3.63) is 0 Å². The number of hydrogen-bond acceptors (Lipinski definition) is 2. The lowest BCUT2D eigenvalue weighted by Gasteiger charge is -2.10. The summed E-state index contributed by atoms with van der Waals surface area (Å²) in [5.41, 5.74) is 5.79. The van der Waals surface area contributed by atoms with Gasteiger partial charge in [0.1, 0.15) is 0 Å². The zero-order valence-electron chi connectivity index (χ0n) is 6.29. The van der Waals surface area contributed by atoms with Crippen LogP contribution in [-0.2, 0) is 4.74 Å². The fraction of sp³-hybridized carbons (Fsp3) is 1.00. The average molecular weight is 129 g/mol. The van der Waals surface area contributed by atoms with E-state index in [-0.39, 0.29) is 12.1 Å². The van der Waals surface area contributed by atoms with Crippen molar-refractivity contribution >= 4 is 0 Å². The predicted octanol–water partition coefficient (Wildman–Crippen LogP) is 0.757. The number of hydrogen-bond donors (Lipinski definition) is 1. The quantitative estimate of drug-likeness (QED) is 0.524. The molecule has 4 atom stereocenters. The second-order valence-corrected chi connectivity index (χ2v) is 2.98. The highest BCUT2D eigenvalue weighted by Gasteiger charge is 2.33. The fourth-order valence-corrected chi connectivity index (χ4v) is 1.29. The van der Waals surface area contributed by atoms with Gasteiger partial charge >= 0.3 is 0 Å². The Morgan fingerprint density at radius 1 is 1.11 bits per heavy atom. The third-order valence-electron chi connectivity index (χ3n) is 2.32. The van der Waals surface area contributed by atoms with Gasteiger partial charge in [0.15, 0.2) is 0 Å². The van der Waals surface area contributed by atoms with E-state index in [1.165, 1.54) is 0 Å². The van der Waals surface area contributed by atoms with E-state index < -0.39 is 0 Å². The minimum Gasteiger partial charge on any atom is -0.374 e. The first-order valence-corrected chi connectivity index (χ1v) is 3.54. The molecule has 0 unspecified atom stereocenters. The first-order chi connectivity index (χ1) is 4.13. The predicted molar refractivity (Wildman–Crippen MR) is 37.1 cm³/mol. The van der Waals surface area contributed by atoms with Crippen LogP contribution in [0.1, 0.15) is 20.8 Å². The molecule has 9 heavy (non-hydrogen) atoms. The van der Waals surface area contributed by atoms with Crippen LogP contribution in [0.3, 0.4) is 0 Å². The maximum Gasteiger partial charge on any atom is 0.0705 e. The molecule has 2 N–H and O–H groups in total. The SMILES string of the molecule is C[C@H]1[C@@H](N)[C@@H](C)O[C@H]1C. The monoisotopic (exact) mass is 129 g/mol. The molecule has 0 aromatic rings. The van der Waals surface area contributed by atoms with E-state index in [9.17, 15) is 0 Å². The first-order valence-electron chi connectivity index (χ1n) is 3.54. The van der Waals surface area contributed by atoms with Crippen molar-refractivity contribution in [2.45, 2.75) is 39.0 Å². The summed E-state index contributed by atoms with van der Waals surface area (Å²) in [6.45, 7) is 6.25. The lowest BCUT2D eigenvalue weighted by Crippen LogP contribution is -2.32. The van der Waals surface area contributed by atoms with Crippen molar-refractivity contribution in [1.82, 2.24) is 0 Å². The van der Waals surface area contributed by atoms with Gasteiger partial charge in [-0.3, -0.25) is 0 Å². The van der Waals surface area contributed by atoms with Crippen LogP contribution >= 0.6 is 0 Å². The molecule has 1 saturated heterocycles. The van der Waals surface area contributed by atoms with Gasteiger partial charge in [-0.2, -0.15) is 0 Å². The van der Waals surface area contributed by atoms with Crippen LogP contribution in [0.25, 0.3) is 0 Å². The second-order valence-electron chi connectivity index (χ2n) is 2.98. The molecule has 0 saturated carbocycles. The first kappa shape index (κ1) is 7.03. The van der Waals surface area contributed by atoms with Gasteiger partial charge in [0, 0.05) is 6.04 Å². The summed E-state index contributed by atoms with van der Waals surface area (Å²) < 4.78 is 5.46. The number of rotatable bonds is 0. The zero-order valence-corrected chi connectivity index (χ0v) is 6.29. The van der Waals surface area contributed by atoms with Crippen molar-refractivity contribution in [1.29, 1.82) is 0 Å². The minimum absolute atomic E-state index is 0.236. The Bertz CT molecular complexity index is 93.1. The molecule has 0 amide bonds. The standard InChI is InChI=1S/C7H15NO/c1-4-5(2)9-6(3)7(4)8/h4-7H,8H2,1-3H3/t4-,5+,6-,7-/m1/s1. The van der Waals surface area contributed by atoms with Crippen LogP contribution < -0.4 is 5.73 Å². The Morgan fingerprint density at radius 3 is 1.78 bits per heavy atom. The normalized spacial score (nSPS) is 52.0. The van der Waals surface area contributed by atoms with Gasteiger partial charge in [0.05, 0.1) is 12.2 Å². The number of ether oxygens (including phenoxy) is 1. The van der Waals surface area contributed by atoms with Crippen LogP contribution in [0.2, 0.25) is 0 Å². The molecule has 1 aliphatic heterocycles. The molecule has 2 nitrogen and oxygen atoms in total. The van der Waals surface area contributed by atoms with Crippen LogP contribution in [0.4, 0.5) is 0 Å². The van der Waals surface area contributed by atoms with Gasteiger partial charge in [-0.1, -0.05) is 6.92 Å². The molecule has 0 aromatic heterocycles. The van der Waals surface area contributed by atoms with Crippen LogP contribution in [-0.4, -0.2) is 18.2 Å². The molecule has 1 rings (SSSR count). The molecule has 1 heterocycles. The van der Waals surface area contributed by atoms with E-state index in [1.54, 1.807) is 0 Å². The van der Waals surface area contributed by atoms with E-state index in [0.717, 1.165) is 0 Å². The average Bonchev–Trinajstić information content (AvgIpc) is 1.98. The van der Waals surface area contributed by atoms with Gasteiger partial charge in [-0.15, -0.1) is 0 Å². The molecule has 1 fully saturated rings. The Labute approximate surface area is 56.4 Å². The highest BCUT2D eigenvalue weighted by Crippen LogP contribution is 2.23. The molecule has 0 aromatic carbocycles. The van der Waals surface area contributed by atoms with Crippen molar-refractivity contribution in [2.24, 2.45) is 11.7 Å². The Balaban J connectivity index is 2.54. The molecule has 54 valence electrons. The molecule has 0 aliphatic carbocycles. The Hall–Kier alpha value is -0.0800. The lowest BCUT2D eigenvalue weighted by molar-refractivity contribution is 0.0559. The molecular weight excluding hydrogens is 114 g/mol. The van der Waals surface area contributed by atoms with E-state index in [2.05, 4.69) is 13.8 Å². The summed E-state index contributed by atoms with van der Waals surface area (Å²) in [5, 5.41) is 0. The topological polar surface area (TPSA) is 35.2 Å². The van der Waals surface area contributed by atoms with Gasteiger partial charge in [0.2, 0.25) is 0 Å². The highest BCUT2D eigenvalue weighted by molar-refractivity contribution is 4.86. The lowest BCUT2D eigenvalue weighted by atomic mass is 9.98. The highest BCUT2D eigenvalue weighted by atomic mass is 16.5. The van der Waals surface area contributed by atoms with Gasteiger partial charge in [-0.25, -0.2) is 0 Å². The van der Waals surface area contributed by atoms with Crippen molar-refractivity contribution in [2.75, 3.05) is 0 Å². The zero-order chi connectivity index (χ0) is 7.02. The van der Waals surface area contributed by atoms with Gasteiger partial charge < -0.3 is 10.5 Å². The summed E-state index contributed by atoms with van der Waals surface area (Å²) in [6.07, 6.45) is 0.588. The smallest absolute Gasteiger partial charge is 0.0705 e. The van der Waals surface area contributed by atoms with E-state index >= 15 is 0 Å². The summed E-state index contributed by atoms with van der Waals surface area (Å²) in [5.74, 6) is 0.514. The van der Waals surface area contributed by atoms with E-state index in [1.807, 2.05) is 6.92 Å². The van der Waals surface area contributed by atoms with Gasteiger partial charge in [0.25, 0.3) is 0 Å². The van der Waals surface area contributed by atoms with Gasteiger partial charge in [-0.05, 0) is 19.8 Å². The number of nitrogens with two attached hydrogens (primary N) is 1. The molecule has 1 aliphatic rings. The molecular formula is C7H15NO. The maximum atomic E-state index is 5.79.